The van der Waals surface area contributed by atoms with Crippen molar-refractivity contribution in [2.75, 3.05) is 13.2 Å². The second-order valence-electron chi connectivity index (χ2n) is 4.92. The summed E-state index contributed by atoms with van der Waals surface area (Å²) in [5, 5.41) is 23.9. The van der Waals surface area contributed by atoms with E-state index in [2.05, 4.69) is 20.5 Å². The summed E-state index contributed by atoms with van der Waals surface area (Å²) in [4.78, 5) is 14.5. The predicted octanol–water partition coefficient (Wildman–Crippen LogP) is 1.79. The zero-order valence-corrected chi connectivity index (χ0v) is 12.7. The Morgan fingerprint density at radius 2 is 2.23 bits per heavy atom. The molecular weight excluding hydrogens is 308 g/mol. The molecular formula is C12H14N6O3S. The summed E-state index contributed by atoms with van der Waals surface area (Å²) in [5.74, 6) is 0. The van der Waals surface area contributed by atoms with Gasteiger partial charge in [-0.25, -0.2) is 9.67 Å². The summed E-state index contributed by atoms with van der Waals surface area (Å²) >= 11 is 1.30. The molecule has 2 aromatic heterocycles. The Hall–Kier alpha value is -2.07. The molecule has 0 aliphatic carbocycles. The van der Waals surface area contributed by atoms with Crippen molar-refractivity contribution in [3.05, 3.63) is 27.9 Å². The van der Waals surface area contributed by atoms with Crippen LogP contribution in [-0.4, -0.2) is 43.3 Å². The van der Waals surface area contributed by atoms with Gasteiger partial charge in [-0.3, -0.25) is 10.1 Å². The van der Waals surface area contributed by atoms with Gasteiger partial charge in [0.15, 0.2) is 0 Å². The number of aryl methyl sites for hydroxylation is 1. The molecule has 1 aliphatic heterocycles. The maximum atomic E-state index is 10.8. The molecule has 1 fully saturated rings. The Morgan fingerprint density at radius 1 is 1.45 bits per heavy atom. The molecule has 0 aromatic carbocycles. The minimum absolute atomic E-state index is 0.00775. The van der Waals surface area contributed by atoms with Crippen LogP contribution in [0.5, 0.6) is 0 Å². The Morgan fingerprint density at radius 3 is 2.91 bits per heavy atom. The third-order valence-electron chi connectivity index (χ3n) is 3.45. The third-order valence-corrected chi connectivity index (χ3v) is 4.33. The van der Waals surface area contributed by atoms with Crippen LogP contribution in [0.3, 0.4) is 0 Å². The van der Waals surface area contributed by atoms with E-state index in [0.717, 1.165) is 12.8 Å². The second kappa shape index (κ2) is 6.36. The van der Waals surface area contributed by atoms with E-state index in [4.69, 9.17) is 4.74 Å². The highest BCUT2D eigenvalue weighted by atomic mass is 32.2. The molecule has 1 aliphatic rings. The molecule has 3 heterocycles. The van der Waals surface area contributed by atoms with Crippen LogP contribution in [0.4, 0.5) is 5.69 Å². The van der Waals surface area contributed by atoms with Gasteiger partial charge in [-0.1, -0.05) is 0 Å². The number of tetrazole rings is 1. The van der Waals surface area contributed by atoms with Gasteiger partial charge in [-0.15, -0.1) is 5.10 Å². The quantitative estimate of drug-likeness (QED) is 0.619. The van der Waals surface area contributed by atoms with E-state index in [-0.39, 0.29) is 11.7 Å². The van der Waals surface area contributed by atoms with Gasteiger partial charge in [0.05, 0.1) is 11.0 Å². The number of ether oxygens (including phenoxy) is 1. The van der Waals surface area contributed by atoms with Gasteiger partial charge in [0.25, 0.3) is 5.69 Å². The normalized spacial score (nSPS) is 15.9. The Balaban J connectivity index is 1.80. The van der Waals surface area contributed by atoms with E-state index in [0.29, 0.717) is 29.0 Å². The van der Waals surface area contributed by atoms with Crippen molar-refractivity contribution in [2.45, 2.75) is 36.0 Å². The maximum absolute atomic E-state index is 10.8. The van der Waals surface area contributed by atoms with Crippen LogP contribution in [0.25, 0.3) is 0 Å². The van der Waals surface area contributed by atoms with Gasteiger partial charge in [-0.2, -0.15) is 0 Å². The SMILES string of the molecule is Cc1cc(Sc2nnnn2C2CCOCC2)ncc1[N+](=O)[O-]. The van der Waals surface area contributed by atoms with E-state index in [1.54, 1.807) is 17.7 Å². The van der Waals surface area contributed by atoms with E-state index < -0.39 is 4.92 Å². The molecule has 0 saturated carbocycles. The molecule has 0 spiro atoms. The average Bonchev–Trinajstić information content (AvgIpc) is 2.96. The summed E-state index contributed by atoms with van der Waals surface area (Å²) in [7, 11) is 0. The lowest BCUT2D eigenvalue weighted by molar-refractivity contribution is -0.385. The summed E-state index contributed by atoms with van der Waals surface area (Å²) in [5.41, 5.74) is 0.570. The number of aromatic nitrogens is 5. The largest absolute Gasteiger partial charge is 0.381 e. The number of hydrogen-bond acceptors (Lipinski definition) is 8. The second-order valence-corrected chi connectivity index (χ2v) is 5.91. The van der Waals surface area contributed by atoms with Gasteiger partial charge in [0, 0.05) is 18.8 Å². The maximum Gasteiger partial charge on any atom is 0.290 e. The standard InChI is InChI=1S/C12H14N6O3S/c1-8-6-11(13-7-10(8)18(19)20)22-12-14-15-16-17(12)9-2-4-21-5-3-9/h6-7,9H,2-5H2,1H3. The predicted molar refractivity (Wildman–Crippen MR) is 76.7 cm³/mol. The Kier molecular flexibility index (Phi) is 4.29. The number of hydrogen-bond donors (Lipinski definition) is 0. The molecule has 22 heavy (non-hydrogen) atoms. The lowest BCUT2D eigenvalue weighted by Gasteiger charge is -2.22. The Bertz CT molecular complexity index is 685. The third kappa shape index (κ3) is 3.07. The minimum atomic E-state index is -0.442. The van der Waals surface area contributed by atoms with Gasteiger partial charge in [0.2, 0.25) is 5.16 Å². The summed E-state index contributed by atoms with van der Waals surface area (Å²) < 4.78 is 7.13. The smallest absolute Gasteiger partial charge is 0.290 e. The molecule has 1 saturated heterocycles. The first-order valence-electron chi connectivity index (χ1n) is 6.79. The fourth-order valence-electron chi connectivity index (χ4n) is 2.28. The van der Waals surface area contributed by atoms with Crippen LogP contribution < -0.4 is 0 Å². The first-order chi connectivity index (χ1) is 10.6. The van der Waals surface area contributed by atoms with E-state index in [1.165, 1.54) is 18.0 Å². The lowest BCUT2D eigenvalue weighted by Crippen LogP contribution is -2.21. The van der Waals surface area contributed by atoms with Crippen molar-refractivity contribution in [1.82, 2.24) is 25.2 Å². The molecule has 10 heteroatoms. The first kappa shape index (κ1) is 14.9. The van der Waals surface area contributed by atoms with Crippen molar-refractivity contribution >= 4 is 17.4 Å². The van der Waals surface area contributed by atoms with Crippen molar-refractivity contribution in [2.24, 2.45) is 0 Å². The molecule has 2 aromatic rings. The Labute approximate surface area is 130 Å². The van der Waals surface area contributed by atoms with Crippen LogP contribution >= 0.6 is 11.8 Å². The van der Waals surface area contributed by atoms with Crippen molar-refractivity contribution in [1.29, 1.82) is 0 Å². The fourth-order valence-corrected chi connectivity index (χ4v) is 3.16. The average molecular weight is 322 g/mol. The van der Waals surface area contributed by atoms with E-state index in [9.17, 15) is 10.1 Å². The zero-order valence-electron chi connectivity index (χ0n) is 11.9. The van der Waals surface area contributed by atoms with Crippen molar-refractivity contribution < 1.29 is 9.66 Å². The number of nitro groups is 1. The van der Waals surface area contributed by atoms with Crippen molar-refractivity contribution in [3.63, 3.8) is 0 Å². The highest BCUT2D eigenvalue weighted by molar-refractivity contribution is 7.99. The summed E-state index contributed by atoms with van der Waals surface area (Å²) in [6, 6.07) is 1.89. The molecule has 3 rings (SSSR count). The van der Waals surface area contributed by atoms with Gasteiger partial charge in [-0.05, 0) is 48.0 Å². The van der Waals surface area contributed by atoms with Gasteiger partial charge >= 0.3 is 0 Å². The van der Waals surface area contributed by atoms with Gasteiger partial charge < -0.3 is 4.74 Å². The minimum Gasteiger partial charge on any atom is -0.381 e. The van der Waals surface area contributed by atoms with Crippen LogP contribution in [0.1, 0.15) is 24.4 Å². The molecule has 0 N–H and O–H groups in total. The highest BCUT2D eigenvalue weighted by Crippen LogP contribution is 2.30. The fraction of sp³-hybridized carbons (Fsp3) is 0.500. The molecule has 116 valence electrons. The van der Waals surface area contributed by atoms with Crippen LogP contribution in [0.15, 0.2) is 22.4 Å². The monoisotopic (exact) mass is 322 g/mol. The molecule has 0 amide bonds. The molecule has 0 bridgehead atoms. The van der Waals surface area contributed by atoms with Crippen molar-refractivity contribution in [3.8, 4) is 0 Å². The van der Waals surface area contributed by atoms with Gasteiger partial charge in [0.1, 0.15) is 11.2 Å². The number of nitrogens with zero attached hydrogens (tertiary/aromatic N) is 6. The van der Waals surface area contributed by atoms with E-state index in [1.807, 2.05) is 0 Å². The number of pyridine rings is 1. The van der Waals surface area contributed by atoms with Crippen LogP contribution in [0, 0.1) is 17.0 Å². The zero-order chi connectivity index (χ0) is 15.5. The molecule has 9 nitrogen and oxygen atoms in total. The first-order valence-corrected chi connectivity index (χ1v) is 7.61. The van der Waals surface area contributed by atoms with E-state index >= 15 is 0 Å². The van der Waals surface area contributed by atoms with Crippen LogP contribution in [-0.2, 0) is 4.74 Å². The summed E-state index contributed by atoms with van der Waals surface area (Å²) in [6.45, 7) is 3.08. The molecule has 0 unspecified atom stereocenters. The topological polar surface area (TPSA) is 109 Å². The lowest BCUT2D eigenvalue weighted by atomic mass is 10.1. The summed E-state index contributed by atoms with van der Waals surface area (Å²) in [6.07, 6.45) is 3.00. The van der Waals surface area contributed by atoms with Crippen LogP contribution in [0.2, 0.25) is 0 Å². The molecule has 0 atom stereocenters. The molecule has 0 radical (unpaired) electrons. The highest BCUT2D eigenvalue weighted by Gasteiger charge is 2.22. The number of rotatable bonds is 4.